The first-order chi connectivity index (χ1) is 16.9. The van der Waals surface area contributed by atoms with Crippen LogP contribution in [0.5, 0.6) is 0 Å². The number of carbonyl (C=O) groups excluding carboxylic acids is 2. The fraction of sp³-hybridized carbons (Fsp3) is 0.333. The van der Waals surface area contributed by atoms with Gasteiger partial charge in [0.2, 0.25) is 5.91 Å². The molecule has 36 heavy (non-hydrogen) atoms. The van der Waals surface area contributed by atoms with Crippen molar-refractivity contribution in [3.05, 3.63) is 72.6 Å². The maximum absolute atomic E-state index is 13.8. The first-order valence-electron chi connectivity index (χ1n) is 10.8. The molecule has 2 aromatic carbocycles. The maximum Gasteiger partial charge on any atom is 0.399 e. The number of alkyl halides is 3. The Balaban J connectivity index is 1.49. The SMILES string of the molecule is O=C(NC1(C(=O)NC2COC2)CC1)c1ccc(C=CC(c2cc(Cl)c(Cl)c(Cl)c2)C(F)(F)F)cc1Br. The van der Waals surface area contributed by atoms with E-state index in [1.807, 2.05) is 0 Å². The van der Waals surface area contributed by atoms with Crippen molar-refractivity contribution in [3.63, 3.8) is 0 Å². The van der Waals surface area contributed by atoms with Crippen LogP contribution in [0, 0.1) is 0 Å². The summed E-state index contributed by atoms with van der Waals surface area (Å²) in [4.78, 5) is 25.4. The quantitative estimate of drug-likeness (QED) is 0.343. The highest BCUT2D eigenvalue weighted by molar-refractivity contribution is 9.10. The zero-order chi connectivity index (χ0) is 26.3. The molecule has 4 rings (SSSR count). The third kappa shape index (κ3) is 6.02. The van der Waals surface area contributed by atoms with Gasteiger partial charge in [0, 0.05) is 4.47 Å². The van der Waals surface area contributed by atoms with Gasteiger partial charge >= 0.3 is 6.18 Å². The van der Waals surface area contributed by atoms with Crippen molar-refractivity contribution in [1.29, 1.82) is 0 Å². The predicted molar refractivity (Wildman–Crippen MR) is 136 cm³/mol. The lowest BCUT2D eigenvalue weighted by Crippen LogP contribution is -2.56. The Hall–Kier alpha value is -1.78. The first-order valence-corrected chi connectivity index (χ1v) is 12.7. The Morgan fingerprint density at radius 2 is 1.75 bits per heavy atom. The zero-order valence-electron chi connectivity index (χ0n) is 18.4. The Kier molecular flexibility index (Phi) is 7.98. The van der Waals surface area contributed by atoms with E-state index >= 15 is 0 Å². The normalized spacial score (nSPS) is 18.0. The number of hydrogen-bond acceptors (Lipinski definition) is 3. The molecule has 192 valence electrons. The molecule has 1 saturated heterocycles. The molecule has 2 amide bonds. The van der Waals surface area contributed by atoms with Crippen molar-refractivity contribution < 1.29 is 27.5 Å². The smallest absolute Gasteiger partial charge is 0.377 e. The van der Waals surface area contributed by atoms with Crippen molar-refractivity contribution in [1.82, 2.24) is 10.6 Å². The summed E-state index contributed by atoms with van der Waals surface area (Å²) in [7, 11) is 0. The molecule has 1 atom stereocenters. The molecule has 2 fully saturated rings. The monoisotopic (exact) mass is 624 g/mol. The van der Waals surface area contributed by atoms with Crippen LogP contribution in [-0.4, -0.2) is 42.8 Å². The van der Waals surface area contributed by atoms with E-state index in [2.05, 4.69) is 26.6 Å². The van der Waals surface area contributed by atoms with E-state index in [9.17, 15) is 22.8 Å². The molecule has 1 heterocycles. The number of amides is 2. The summed E-state index contributed by atoms with van der Waals surface area (Å²) in [6.45, 7) is 0.896. The number of benzene rings is 2. The average molecular weight is 627 g/mol. The van der Waals surface area contributed by atoms with Gasteiger partial charge < -0.3 is 15.4 Å². The molecule has 1 unspecified atom stereocenters. The highest BCUT2D eigenvalue weighted by atomic mass is 79.9. The number of allylic oxidation sites excluding steroid dienone is 1. The van der Waals surface area contributed by atoms with E-state index in [-0.39, 0.29) is 38.1 Å². The van der Waals surface area contributed by atoms with E-state index in [4.69, 9.17) is 39.5 Å². The molecule has 1 aliphatic carbocycles. The second-order valence-corrected chi connectivity index (χ2v) is 10.7. The van der Waals surface area contributed by atoms with Gasteiger partial charge in [0.25, 0.3) is 5.91 Å². The summed E-state index contributed by atoms with van der Waals surface area (Å²) in [6.07, 6.45) is -1.30. The minimum Gasteiger partial charge on any atom is -0.377 e. The molecule has 0 spiro atoms. The van der Waals surface area contributed by atoms with Crippen molar-refractivity contribution >= 4 is 68.6 Å². The van der Waals surface area contributed by atoms with Crippen LogP contribution in [0.2, 0.25) is 15.1 Å². The molecule has 0 radical (unpaired) electrons. The van der Waals surface area contributed by atoms with Crippen LogP contribution in [0.15, 0.2) is 40.9 Å². The Morgan fingerprint density at radius 1 is 1.11 bits per heavy atom. The molecule has 2 aromatic rings. The number of ether oxygens (including phenoxy) is 1. The molecule has 1 saturated carbocycles. The summed E-state index contributed by atoms with van der Waals surface area (Å²) < 4.78 is 46.8. The van der Waals surface area contributed by atoms with Gasteiger partial charge in [-0.15, -0.1) is 0 Å². The number of hydrogen-bond donors (Lipinski definition) is 2. The minimum absolute atomic E-state index is 0.0210. The standard InChI is InChI=1S/C24H19BrCl3F3N2O3/c25-17-7-12(2-4-16(24(29,30)31)13-8-18(26)20(28)19(27)9-13)1-3-15(17)21(34)33-23(5-6-23)22(35)32-14-10-36-11-14/h1-4,7-9,14,16H,5-6,10-11H2,(H,32,35)(H,33,34). The summed E-state index contributed by atoms with van der Waals surface area (Å²) in [5.74, 6) is -2.70. The fourth-order valence-corrected chi connectivity index (χ4v) is 4.84. The van der Waals surface area contributed by atoms with E-state index in [1.165, 1.54) is 24.3 Å². The highest BCUT2D eigenvalue weighted by Gasteiger charge is 2.52. The second-order valence-electron chi connectivity index (χ2n) is 8.66. The minimum atomic E-state index is -4.61. The summed E-state index contributed by atoms with van der Waals surface area (Å²) >= 11 is 21.0. The van der Waals surface area contributed by atoms with Gasteiger partial charge in [0.1, 0.15) is 5.54 Å². The molecule has 1 aliphatic heterocycles. The largest absolute Gasteiger partial charge is 0.399 e. The predicted octanol–water partition coefficient (Wildman–Crippen LogP) is 6.55. The van der Waals surface area contributed by atoms with Crippen molar-refractivity contribution in [2.24, 2.45) is 0 Å². The summed E-state index contributed by atoms with van der Waals surface area (Å²) in [6, 6.07) is 6.71. The van der Waals surface area contributed by atoms with Crippen LogP contribution in [-0.2, 0) is 9.53 Å². The lowest BCUT2D eigenvalue weighted by atomic mass is 9.97. The number of nitrogens with one attached hydrogen (secondary N) is 2. The Bertz CT molecular complexity index is 1210. The molecule has 5 nitrogen and oxygen atoms in total. The van der Waals surface area contributed by atoms with Crippen molar-refractivity contribution in [2.45, 2.75) is 36.5 Å². The zero-order valence-corrected chi connectivity index (χ0v) is 22.2. The van der Waals surface area contributed by atoms with Gasteiger partial charge in [-0.1, -0.05) is 53.0 Å². The number of carbonyl (C=O) groups is 2. The highest BCUT2D eigenvalue weighted by Crippen LogP contribution is 2.41. The maximum atomic E-state index is 13.8. The molecular formula is C24H19BrCl3F3N2O3. The third-order valence-electron chi connectivity index (χ3n) is 5.95. The van der Waals surface area contributed by atoms with Gasteiger partial charge in [-0.05, 0) is 64.2 Å². The summed E-state index contributed by atoms with van der Waals surface area (Å²) in [5.41, 5.74) is -0.439. The van der Waals surface area contributed by atoms with Crippen LogP contribution in [0.1, 0.15) is 40.2 Å². The van der Waals surface area contributed by atoms with Gasteiger partial charge in [-0.3, -0.25) is 9.59 Å². The average Bonchev–Trinajstić information content (AvgIpc) is 3.54. The van der Waals surface area contributed by atoms with Crippen LogP contribution < -0.4 is 10.6 Å². The van der Waals surface area contributed by atoms with E-state index in [0.717, 1.165) is 18.2 Å². The second kappa shape index (κ2) is 10.5. The molecule has 2 N–H and O–H groups in total. The molecule has 0 bridgehead atoms. The lowest BCUT2D eigenvalue weighted by molar-refractivity contribution is -0.139. The first kappa shape index (κ1) is 27.3. The van der Waals surface area contributed by atoms with Gasteiger partial charge in [0.15, 0.2) is 0 Å². The van der Waals surface area contributed by atoms with Crippen molar-refractivity contribution in [3.8, 4) is 0 Å². The topological polar surface area (TPSA) is 67.4 Å². The van der Waals surface area contributed by atoms with Crippen LogP contribution in [0.3, 0.4) is 0 Å². The Morgan fingerprint density at radius 3 is 2.25 bits per heavy atom. The van der Waals surface area contributed by atoms with E-state index in [1.54, 1.807) is 0 Å². The van der Waals surface area contributed by atoms with Crippen molar-refractivity contribution in [2.75, 3.05) is 13.2 Å². The molecular weight excluding hydrogens is 608 g/mol. The molecule has 12 heteroatoms. The van der Waals surface area contributed by atoms with Gasteiger partial charge in [-0.25, -0.2) is 0 Å². The number of halogens is 7. The van der Waals surface area contributed by atoms with Crippen LogP contribution in [0.25, 0.3) is 6.08 Å². The van der Waals surface area contributed by atoms with Gasteiger partial charge in [-0.2, -0.15) is 13.2 Å². The third-order valence-corrected chi connectivity index (χ3v) is 7.80. The van der Waals surface area contributed by atoms with E-state index < -0.39 is 23.5 Å². The molecule has 0 aromatic heterocycles. The fourth-order valence-electron chi connectivity index (χ4n) is 3.65. The number of rotatable bonds is 7. The van der Waals surface area contributed by atoms with Crippen LogP contribution >= 0.6 is 50.7 Å². The Labute approximate surface area is 228 Å². The van der Waals surface area contributed by atoms with Gasteiger partial charge in [0.05, 0.1) is 45.8 Å². The summed E-state index contributed by atoms with van der Waals surface area (Å²) in [5, 5.41) is 5.44. The van der Waals surface area contributed by atoms with E-state index in [0.29, 0.717) is 36.1 Å². The molecule has 2 aliphatic rings. The lowest BCUT2D eigenvalue weighted by Gasteiger charge is -2.29. The van der Waals surface area contributed by atoms with Crippen LogP contribution in [0.4, 0.5) is 13.2 Å².